The third-order valence-electron chi connectivity index (χ3n) is 3.85. The summed E-state index contributed by atoms with van der Waals surface area (Å²) < 4.78 is 4.71. The SMILES string of the molecule is COC(=O)c1cccc(NCCC2CCCC2)c1N. The standard InChI is InChI=1S/C15H22N2O2/c1-19-15(18)12-7-4-8-13(14(12)16)17-10-9-11-5-2-3-6-11/h4,7-8,11,17H,2-3,5-6,9-10,16H2,1H3. The van der Waals surface area contributed by atoms with E-state index in [4.69, 9.17) is 10.5 Å². The average Bonchev–Trinajstić information content (AvgIpc) is 2.93. The zero-order valence-electron chi connectivity index (χ0n) is 11.4. The van der Waals surface area contributed by atoms with E-state index in [1.807, 2.05) is 12.1 Å². The number of hydrogen-bond donors (Lipinski definition) is 2. The molecule has 3 N–H and O–H groups in total. The lowest BCUT2D eigenvalue weighted by Crippen LogP contribution is -2.11. The molecule has 104 valence electrons. The van der Waals surface area contributed by atoms with Crippen molar-refractivity contribution in [2.75, 3.05) is 24.7 Å². The van der Waals surface area contributed by atoms with E-state index < -0.39 is 5.97 Å². The van der Waals surface area contributed by atoms with Gasteiger partial charge in [-0.2, -0.15) is 0 Å². The predicted molar refractivity (Wildman–Crippen MR) is 77.3 cm³/mol. The molecule has 0 unspecified atom stereocenters. The summed E-state index contributed by atoms with van der Waals surface area (Å²) in [5, 5.41) is 3.33. The van der Waals surface area contributed by atoms with Crippen LogP contribution in [0.5, 0.6) is 0 Å². The number of ether oxygens (including phenoxy) is 1. The Morgan fingerprint density at radius 1 is 1.42 bits per heavy atom. The van der Waals surface area contributed by atoms with Crippen LogP contribution < -0.4 is 11.1 Å². The van der Waals surface area contributed by atoms with E-state index >= 15 is 0 Å². The van der Waals surface area contributed by atoms with Crippen LogP contribution in [-0.2, 0) is 4.74 Å². The molecule has 4 heteroatoms. The molecule has 1 fully saturated rings. The van der Waals surface area contributed by atoms with E-state index in [0.717, 1.165) is 18.2 Å². The Labute approximate surface area is 114 Å². The number of rotatable bonds is 5. The highest BCUT2D eigenvalue weighted by atomic mass is 16.5. The number of nitrogen functional groups attached to an aromatic ring is 1. The number of para-hydroxylation sites is 1. The molecule has 0 bridgehead atoms. The van der Waals surface area contributed by atoms with Gasteiger partial charge in [0.05, 0.1) is 24.0 Å². The molecule has 0 radical (unpaired) electrons. The molecule has 2 rings (SSSR count). The number of methoxy groups -OCH3 is 1. The summed E-state index contributed by atoms with van der Waals surface area (Å²) in [5.41, 5.74) is 7.71. The maximum atomic E-state index is 11.5. The van der Waals surface area contributed by atoms with Crippen LogP contribution in [0.15, 0.2) is 18.2 Å². The van der Waals surface area contributed by atoms with Crippen molar-refractivity contribution in [2.24, 2.45) is 5.92 Å². The second-order valence-electron chi connectivity index (χ2n) is 5.12. The van der Waals surface area contributed by atoms with Crippen molar-refractivity contribution in [3.05, 3.63) is 23.8 Å². The third kappa shape index (κ3) is 3.40. The van der Waals surface area contributed by atoms with Crippen LogP contribution in [0.25, 0.3) is 0 Å². The zero-order valence-corrected chi connectivity index (χ0v) is 11.4. The lowest BCUT2D eigenvalue weighted by molar-refractivity contribution is 0.0602. The number of nitrogens with one attached hydrogen (secondary N) is 1. The molecule has 0 saturated heterocycles. The first-order valence-corrected chi connectivity index (χ1v) is 6.93. The number of esters is 1. The third-order valence-corrected chi connectivity index (χ3v) is 3.85. The second kappa shape index (κ2) is 6.45. The molecule has 0 aromatic heterocycles. The molecule has 0 heterocycles. The van der Waals surface area contributed by atoms with Gasteiger partial charge in [0.2, 0.25) is 0 Å². The molecule has 0 atom stereocenters. The van der Waals surface area contributed by atoms with Crippen LogP contribution >= 0.6 is 0 Å². The minimum Gasteiger partial charge on any atom is -0.465 e. The van der Waals surface area contributed by atoms with E-state index in [1.165, 1.54) is 39.2 Å². The van der Waals surface area contributed by atoms with Crippen molar-refractivity contribution in [3.63, 3.8) is 0 Å². The fourth-order valence-corrected chi connectivity index (χ4v) is 2.72. The van der Waals surface area contributed by atoms with Crippen LogP contribution in [0.1, 0.15) is 42.5 Å². The van der Waals surface area contributed by atoms with Gasteiger partial charge in [-0.15, -0.1) is 0 Å². The van der Waals surface area contributed by atoms with E-state index in [1.54, 1.807) is 6.07 Å². The highest BCUT2D eigenvalue weighted by molar-refractivity contribution is 5.98. The molecular formula is C15H22N2O2. The van der Waals surface area contributed by atoms with Crippen LogP contribution in [0.4, 0.5) is 11.4 Å². The summed E-state index contributed by atoms with van der Waals surface area (Å²) in [6.45, 7) is 0.902. The molecule has 1 aliphatic rings. The fraction of sp³-hybridized carbons (Fsp3) is 0.533. The first-order valence-electron chi connectivity index (χ1n) is 6.93. The van der Waals surface area contributed by atoms with E-state index in [0.29, 0.717) is 11.3 Å². The lowest BCUT2D eigenvalue weighted by Gasteiger charge is -2.14. The quantitative estimate of drug-likeness (QED) is 0.632. The minimum atomic E-state index is -0.392. The predicted octanol–water partition coefficient (Wildman–Crippen LogP) is 3.05. The normalized spacial score (nSPS) is 15.4. The number of hydrogen-bond acceptors (Lipinski definition) is 4. The zero-order chi connectivity index (χ0) is 13.7. The van der Waals surface area contributed by atoms with Gasteiger partial charge in [-0.05, 0) is 24.5 Å². The Morgan fingerprint density at radius 3 is 2.84 bits per heavy atom. The molecule has 19 heavy (non-hydrogen) atoms. The van der Waals surface area contributed by atoms with Gasteiger partial charge >= 0.3 is 5.97 Å². The lowest BCUT2D eigenvalue weighted by atomic mass is 10.0. The molecule has 0 spiro atoms. The van der Waals surface area contributed by atoms with Gasteiger partial charge < -0.3 is 15.8 Å². The van der Waals surface area contributed by atoms with E-state index in [2.05, 4.69) is 5.32 Å². The molecule has 4 nitrogen and oxygen atoms in total. The molecule has 0 aliphatic heterocycles. The van der Waals surface area contributed by atoms with Crippen molar-refractivity contribution in [3.8, 4) is 0 Å². The minimum absolute atomic E-state index is 0.392. The van der Waals surface area contributed by atoms with Gasteiger partial charge in [-0.1, -0.05) is 31.7 Å². The molecule has 1 aliphatic carbocycles. The van der Waals surface area contributed by atoms with Gasteiger partial charge in [0.25, 0.3) is 0 Å². The summed E-state index contributed by atoms with van der Waals surface area (Å²) in [6.07, 6.45) is 6.59. The Morgan fingerprint density at radius 2 is 2.16 bits per heavy atom. The summed E-state index contributed by atoms with van der Waals surface area (Å²) >= 11 is 0. The number of carbonyl (C=O) groups is 1. The Kier molecular flexibility index (Phi) is 4.66. The number of anilines is 2. The van der Waals surface area contributed by atoms with Gasteiger partial charge in [-0.3, -0.25) is 0 Å². The van der Waals surface area contributed by atoms with Crippen molar-refractivity contribution in [1.82, 2.24) is 0 Å². The van der Waals surface area contributed by atoms with Crippen molar-refractivity contribution in [2.45, 2.75) is 32.1 Å². The fourth-order valence-electron chi connectivity index (χ4n) is 2.72. The Hall–Kier alpha value is -1.71. The summed E-state index contributed by atoms with van der Waals surface area (Å²) in [4.78, 5) is 11.5. The van der Waals surface area contributed by atoms with Crippen LogP contribution in [0.3, 0.4) is 0 Å². The van der Waals surface area contributed by atoms with Gasteiger partial charge in [-0.25, -0.2) is 4.79 Å². The summed E-state index contributed by atoms with van der Waals surface area (Å²) in [6, 6.07) is 5.40. The largest absolute Gasteiger partial charge is 0.465 e. The molecule has 1 aromatic carbocycles. The second-order valence-corrected chi connectivity index (χ2v) is 5.12. The highest BCUT2D eigenvalue weighted by Crippen LogP contribution is 2.28. The van der Waals surface area contributed by atoms with Crippen LogP contribution in [0.2, 0.25) is 0 Å². The average molecular weight is 262 g/mol. The maximum Gasteiger partial charge on any atom is 0.340 e. The Balaban J connectivity index is 1.94. The topological polar surface area (TPSA) is 64.3 Å². The first kappa shape index (κ1) is 13.7. The monoisotopic (exact) mass is 262 g/mol. The maximum absolute atomic E-state index is 11.5. The van der Waals surface area contributed by atoms with Crippen molar-refractivity contribution in [1.29, 1.82) is 0 Å². The highest BCUT2D eigenvalue weighted by Gasteiger charge is 2.15. The van der Waals surface area contributed by atoms with Crippen molar-refractivity contribution >= 4 is 17.3 Å². The van der Waals surface area contributed by atoms with Gasteiger partial charge in [0, 0.05) is 6.54 Å². The molecular weight excluding hydrogens is 240 g/mol. The molecule has 1 aromatic rings. The van der Waals surface area contributed by atoms with E-state index in [9.17, 15) is 4.79 Å². The number of benzene rings is 1. The smallest absolute Gasteiger partial charge is 0.340 e. The molecule has 1 saturated carbocycles. The van der Waals surface area contributed by atoms with Gasteiger partial charge in [0.1, 0.15) is 0 Å². The summed E-state index contributed by atoms with van der Waals surface area (Å²) in [5.74, 6) is 0.453. The first-order chi connectivity index (χ1) is 9.22. The van der Waals surface area contributed by atoms with Gasteiger partial charge in [0.15, 0.2) is 0 Å². The van der Waals surface area contributed by atoms with E-state index in [-0.39, 0.29) is 0 Å². The van der Waals surface area contributed by atoms with Crippen molar-refractivity contribution < 1.29 is 9.53 Å². The number of carbonyl (C=O) groups excluding carboxylic acids is 1. The Bertz CT molecular complexity index is 440. The van der Waals surface area contributed by atoms with Crippen LogP contribution in [-0.4, -0.2) is 19.6 Å². The number of nitrogens with two attached hydrogens (primary N) is 1. The molecule has 0 amide bonds. The summed E-state index contributed by atoms with van der Waals surface area (Å²) in [7, 11) is 1.36. The van der Waals surface area contributed by atoms with Crippen LogP contribution in [0, 0.1) is 5.92 Å².